The largest absolute Gasteiger partial charge is 0.375 e. The SMILES string of the molecule is CCCNC(Cc1nnn(C)n1)C1CSCCO1. The molecular formula is C11H21N5OS. The van der Waals surface area contributed by atoms with E-state index in [0.29, 0.717) is 0 Å². The molecule has 0 aromatic carbocycles. The lowest BCUT2D eigenvalue weighted by atomic mass is 10.1. The van der Waals surface area contributed by atoms with Crippen LogP contribution >= 0.6 is 11.8 Å². The summed E-state index contributed by atoms with van der Waals surface area (Å²) in [4.78, 5) is 1.50. The summed E-state index contributed by atoms with van der Waals surface area (Å²) >= 11 is 1.95. The van der Waals surface area contributed by atoms with Crippen LogP contribution in [0.15, 0.2) is 0 Å². The maximum absolute atomic E-state index is 5.85. The van der Waals surface area contributed by atoms with Crippen molar-refractivity contribution < 1.29 is 4.74 Å². The van der Waals surface area contributed by atoms with E-state index < -0.39 is 0 Å². The van der Waals surface area contributed by atoms with Crippen molar-refractivity contribution in [2.45, 2.75) is 31.9 Å². The zero-order valence-electron chi connectivity index (χ0n) is 11.0. The third kappa shape index (κ3) is 3.93. The molecule has 1 N–H and O–H groups in total. The zero-order valence-corrected chi connectivity index (χ0v) is 11.8. The van der Waals surface area contributed by atoms with E-state index in [9.17, 15) is 0 Å². The van der Waals surface area contributed by atoms with Gasteiger partial charge in [-0.25, -0.2) is 0 Å². The molecule has 1 fully saturated rings. The minimum absolute atomic E-state index is 0.249. The predicted molar refractivity (Wildman–Crippen MR) is 71.6 cm³/mol. The Bertz CT molecular complexity index is 353. The number of hydrogen-bond acceptors (Lipinski definition) is 6. The Morgan fingerprint density at radius 2 is 2.50 bits per heavy atom. The molecule has 0 aliphatic carbocycles. The maximum Gasteiger partial charge on any atom is 0.176 e. The molecule has 0 spiro atoms. The molecule has 1 aliphatic heterocycles. The molecule has 0 amide bonds. The van der Waals surface area contributed by atoms with Crippen molar-refractivity contribution in [3.8, 4) is 0 Å². The van der Waals surface area contributed by atoms with Crippen LogP contribution in [0, 0.1) is 0 Å². The Kier molecular flexibility index (Phi) is 5.40. The van der Waals surface area contributed by atoms with Crippen LogP contribution in [0.3, 0.4) is 0 Å². The average molecular weight is 271 g/mol. The van der Waals surface area contributed by atoms with Gasteiger partial charge in [0, 0.05) is 24.0 Å². The third-order valence-corrected chi connectivity index (χ3v) is 3.92. The minimum Gasteiger partial charge on any atom is -0.375 e. The molecule has 1 aliphatic rings. The highest BCUT2D eigenvalue weighted by atomic mass is 32.2. The highest BCUT2D eigenvalue weighted by molar-refractivity contribution is 7.99. The Labute approximate surface area is 112 Å². The summed E-state index contributed by atoms with van der Waals surface area (Å²) in [6.45, 7) is 4.00. The van der Waals surface area contributed by atoms with Crippen molar-refractivity contribution in [2.75, 3.05) is 24.7 Å². The molecule has 0 saturated carbocycles. The second-order valence-electron chi connectivity index (χ2n) is 4.44. The fourth-order valence-corrected chi connectivity index (χ4v) is 2.95. The van der Waals surface area contributed by atoms with E-state index in [0.717, 1.165) is 43.3 Å². The van der Waals surface area contributed by atoms with Gasteiger partial charge in [0.05, 0.1) is 19.8 Å². The summed E-state index contributed by atoms with van der Waals surface area (Å²) in [5, 5.41) is 15.7. The number of nitrogens with zero attached hydrogens (tertiary/aromatic N) is 4. The average Bonchev–Trinajstić information content (AvgIpc) is 2.81. The molecule has 2 rings (SSSR count). The number of ether oxygens (including phenoxy) is 1. The number of hydrogen-bond donors (Lipinski definition) is 1. The highest BCUT2D eigenvalue weighted by Gasteiger charge is 2.25. The summed E-state index contributed by atoms with van der Waals surface area (Å²) in [7, 11) is 1.79. The summed E-state index contributed by atoms with van der Waals surface area (Å²) in [6.07, 6.45) is 2.14. The Hall–Kier alpha value is -0.660. The minimum atomic E-state index is 0.249. The molecule has 2 atom stereocenters. The molecule has 0 radical (unpaired) electrons. The second kappa shape index (κ2) is 7.06. The van der Waals surface area contributed by atoms with Gasteiger partial charge in [-0.15, -0.1) is 10.2 Å². The molecule has 0 bridgehead atoms. The van der Waals surface area contributed by atoms with Crippen LogP contribution in [0.1, 0.15) is 19.2 Å². The number of aryl methyl sites for hydroxylation is 1. The number of nitrogens with one attached hydrogen (secondary N) is 1. The van der Waals surface area contributed by atoms with Crippen molar-refractivity contribution >= 4 is 11.8 Å². The topological polar surface area (TPSA) is 64.9 Å². The first kappa shape index (κ1) is 13.8. The van der Waals surface area contributed by atoms with Gasteiger partial charge in [-0.3, -0.25) is 0 Å². The van der Waals surface area contributed by atoms with Gasteiger partial charge in [0.2, 0.25) is 0 Å². The molecule has 2 unspecified atom stereocenters. The molecule has 1 aromatic heterocycles. The van der Waals surface area contributed by atoms with Gasteiger partial charge < -0.3 is 10.1 Å². The lowest BCUT2D eigenvalue weighted by molar-refractivity contribution is 0.0466. The van der Waals surface area contributed by atoms with E-state index >= 15 is 0 Å². The van der Waals surface area contributed by atoms with Gasteiger partial charge in [0.1, 0.15) is 0 Å². The summed E-state index contributed by atoms with van der Waals surface area (Å²) in [5.74, 6) is 2.92. The van der Waals surface area contributed by atoms with Crippen LogP contribution in [-0.2, 0) is 18.2 Å². The molecule has 18 heavy (non-hydrogen) atoms. The smallest absolute Gasteiger partial charge is 0.176 e. The van der Waals surface area contributed by atoms with Gasteiger partial charge in [-0.2, -0.15) is 16.6 Å². The summed E-state index contributed by atoms with van der Waals surface area (Å²) in [6, 6.07) is 0.280. The Balaban J connectivity index is 1.94. The zero-order chi connectivity index (χ0) is 12.8. The van der Waals surface area contributed by atoms with E-state index in [4.69, 9.17) is 4.74 Å². The van der Waals surface area contributed by atoms with Crippen molar-refractivity contribution in [3.05, 3.63) is 5.82 Å². The Morgan fingerprint density at radius 1 is 1.61 bits per heavy atom. The lowest BCUT2D eigenvalue weighted by Gasteiger charge is -2.30. The highest BCUT2D eigenvalue weighted by Crippen LogP contribution is 2.17. The standard InChI is InChI=1S/C11H21N5OS/c1-3-4-12-9(10-8-18-6-5-17-10)7-11-13-15-16(2)14-11/h9-10,12H,3-8H2,1-2H3. The fraction of sp³-hybridized carbons (Fsp3) is 0.909. The van der Waals surface area contributed by atoms with Crippen LogP contribution < -0.4 is 5.32 Å². The van der Waals surface area contributed by atoms with E-state index in [1.54, 1.807) is 7.05 Å². The molecular weight excluding hydrogens is 250 g/mol. The van der Waals surface area contributed by atoms with Crippen molar-refractivity contribution in [3.63, 3.8) is 0 Å². The van der Waals surface area contributed by atoms with Gasteiger partial charge in [0.25, 0.3) is 0 Å². The van der Waals surface area contributed by atoms with Gasteiger partial charge >= 0.3 is 0 Å². The first-order valence-electron chi connectivity index (χ1n) is 6.45. The van der Waals surface area contributed by atoms with Crippen molar-refractivity contribution in [1.29, 1.82) is 0 Å². The van der Waals surface area contributed by atoms with Gasteiger partial charge in [-0.05, 0) is 18.2 Å². The van der Waals surface area contributed by atoms with Crippen molar-refractivity contribution in [2.24, 2.45) is 7.05 Å². The normalized spacial score (nSPS) is 22.0. The summed E-state index contributed by atoms with van der Waals surface area (Å²) in [5.41, 5.74) is 0. The molecule has 6 nitrogen and oxygen atoms in total. The number of aromatic nitrogens is 4. The first-order valence-corrected chi connectivity index (χ1v) is 7.60. The van der Waals surface area contributed by atoms with E-state index in [1.807, 2.05) is 11.8 Å². The van der Waals surface area contributed by atoms with E-state index in [1.165, 1.54) is 4.80 Å². The van der Waals surface area contributed by atoms with E-state index in [2.05, 4.69) is 27.7 Å². The van der Waals surface area contributed by atoms with Crippen LogP contribution in [0.5, 0.6) is 0 Å². The third-order valence-electron chi connectivity index (χ3n) is 2.90. The molecule has 7 heteroatoms. The number of tetrazole rings is 1. The Morgan fingerprint density at radius 3 is 3.11 bits per heavy atom. The van der Waals surface area contributed by atoms with Crippen LogP contribution in [-0.4, -0.2) is 57.0 Å². The van der Waals surface area contributed by atoms with Crippen LogP contribution in [0.4, 0.5) is 0 Å². The molecule has 1 saturated heterocycles. The van der Waals surface area contributed by atoms with Crippen LogP contribution in [0.25, 0.3) is 0 Å². The molecule has 102 valence electrons. The van der Waals surface area contributed by atoms with Crippen molar-refractivity contribution in [1.82, 2.24) is 25.5 Å². The quantitative estimate of drug-likeness (QED) is 0.800. The number of thioether (sulfide) groups is 1. The van der Waals surface area contributed by atoms with Gasteiger partial charge in [0.15, 0.2) is 5.82 Å². The lowest BCUT2D eigenvalue weighted by Crippen LogP contribution is -2.46. The van der Waals surface area contributed by atoms with Crippen LogP contribution in [0.2, 0.25) is 0 Å². The second-order valence-corrected chi connectivity index (χ2v) is 5.59. The monoisotopic (exact) mass is 271 g/mol. The van der Waals surface area contributed by atoms with Gasteiger partial charge in [-0.1, -0.05) is 6.92 Å². The van der Waals surface area contributed by atoms with E-state index in [-0.39, 0.29) is 12.1 Å². The fourth-order valence-electron chi connectivity index (χ4n) is 2.00. The molecule has 2 heterocycles. The maximum atomic E-state index is 5.85. The summed E-state index contributed by atoms with van der Waals surface area (Å²) < 4.78 is 5.85. The predicted octanol–water partition coefficient (Wildman–Crippen LogP) is 0.253. The number of rotatable bonds is 6. The first-order chi connectivity index (χ1) is 8.79. The molecule has 1 aromatic rings.